The van der Waals surface area contributed by atoms with Crippen LogP contribution in [0.1, 0.15) is 23.2 Å². The van der Waals surface area contributed by atoms with E-state index in [2.05, 4.69) is 21.2 Å². The molecule has 5 nitrogen and oxygen atoms in total. The summed E-state index contributed by atoms with van der Waals surface area (Å²) in [5.41, 5.74) is 11.7. The maximum absolute atomic E-state index is 11.7. The minimum absolute atomic E-state index is 0.199. The minimum Gasteiger partial charge on any atom is -0.398 e. The van der Waals surface area contributed by atoms with Crippen LogP contribution >= 0.6 is 15.9 Å². The summed E-state index contributed by atoms with van der Waals surface area (Å²) in [6.07, 6.45) is 0.808. The van der Waals surface area contributed by atoms with Crippen molar-refractivity contribution in [3.8, 4) is 0 Å². The van der Waals surface area contributed by atoms with Gasteiger partial charge in [0.05, 0.1) is 0 Å². The van der Waals surface area contributed by atoms with Crippen LogP contribution in [0.25, 0.3) is 0 Å². The third kappa shape index (κ3) is 4.44. The van der Waals surface area contributed by atoms with Gasteiger partial charge < -0.3 is 16.8 Å². The van der Waals surface area contributed by atoms with Gasteiger partial charge >= 0.3 is 0 Å². The SMILES string of the molecule is NC(=O)CCCNC(=O)c1ccc(N)c(Br)c1. The summed E-state index contributed by atoms with van der Waals surface area (Å²) in [6.45, 7) is 0.420. The van der Waals surface area contributed by atoms with Crippen molar-refractivity contribution in [1.82, 2.24) is 5.32 Å². The molecule has 92 valence electrons. The molecule has 1 aromatic rings. The number of nitrogen functional groups attached to an aromatic ring is 1. The Bertz CT molecular complexity index is 435. The molecule has 0 atom stereocenters. The number of hydrogen-bond acceptors (Lipinski definition) is 3. The zero-order valence-corrected chi connectivity index (χ0v) is 10.8. The van der Waals surface area contributed by atoms with E-state index in [-0.39, 0.29) is 18.2 Å². The molecule has 0 radical (unpaired) electrons. The molecule has 5 N–H and O–H groups in total. The Kier molecular flexibility index (Phi) is 4.96. The summed E-state index contributed by atoms with van der Waals surface area (Å²) in [5.74, 6) is -0.565. The number of carbonyl (C=O) groups excluding carboxylic acids is 2. The van der Waals surface area contributed by atoms with Crippen LogP contribution in [-0.2, 0) is 4.79 Å². The zero-order chi connectivity index (χ0) is 12.8. The first-order valence-corrected chi connectivity index (χ1v) is 5.91. The fourth-order valence-electron chi connectivity index (χ4n) is 1.23. The largest absolute Gasteiger partial charge is 0.398 e. The first-order valence-electron chi connectivity index (χ1n) is 5.12. The van der Waals surface area contributed by atoms with Gasteiger partial charge in [-0.2, -0.15) is 0 Å². The predicted molar refractivity (Wildman–Crippen MR) is 69.3 cm³/mol. The van der Waals surface area contributed by atoms with E-state index in [0.717, 1.165) is 0 Å². The van der Waals surface area contributed by atoms with Gasteiger partial charge in [0, 0.05) is 28.7 Å². The molecular formula is C11H14BrN3O2. The number of halogens is 1. The lowest BCUT2D eigenvalue weighted by Crippen LogP contribution is -2.25. The molecule has 0 aliphatic rings. The monoisotopic (exact) mass is 299 g/mol. The fourth-order valence-corrected chi connectivity index (χ4v) is 1.61. The van der Waals surface area contributed by atoms with Gasteiger partial charge in [0.1, 0.15) is 0 Å². The first kappa shape index (κ1) is 13.5. The Hall–Kier alpha value is -1.56. The van der Waals surface area contributed by atoms with Crippen LogP contribution in [0.4, 0.5) is 5.69 Å². The van der Waals surface area contributed by atoms with Crippen molar-refractivity contribution in [2.75, 3.05) is 12.3 Å². The summed E-state index contributed by atoms with van der Waals surface area (Å²) in [7, 11) is 0. The van der Waals surface area contributed by atoms with Crippen LogP contribution in [0.2, 0.25) is 0 Å². The molecule has 17 heavy (non-hydrogen) atoms. The standard InChI is InChI=1S/C11H14BrN3O2/c12-8-6-7(3-4-9(8)13)11(17)15-5-1-2-10(14)16/h3-4,6H,1-2,5,13H2,(H2,14,16)(H,15,17). The van der Waals surface area contributed by atoms with Crippen LogP contribution in [-0.4, -0.2) is 18.4 Å². The van der Waals surface area contributed by atoms with Crippen LogP contribution in [0.5, 0.6) is 0 Å². The first-order chi connectivity index (χ1) is 8.00. The molecule has 1 rings (SSSR count). The third-order valence-electron chi connectivity index (χ3n) is 2.15. The summed E-state index contributed by atoms with van der Waals surface area (Å²) >= 11 is 3.25. The number of amides is 2. The quantitative estimate of drug-likeness (QED) is 0.559. The van der Waals surface area contributed by atoms with Crippen LogP contribution in [0, 0.1) is 0 Å². The van der Waals surface area contributed by atoms with Crippen molar-refractivity contribution in [3.63, 3.8) is 0 Å². The molecule has 0 spiro atoms. The molecule has 0 saturated carbocycles. The van der Waals surface area contributed by atoms with Gasteiger partial charge in [0.15, 0.2) is 0 Å². The van der Waals surface area contributed by atoms with Gasteiger partial charge in [-0.15, -0.1) is 0 Å². The van der Waals surface area contributed by atoms with Gasteiger partial charge in [-0.3, -0.25) is 9.59 Å². The Balaban J connectivity index is 2.47. The van der Waals surface area contributed by atoms with E-state index in [4.69, 9.17) is 11.5 Å². The van der Waals surface area contributed by atoms with E-state index in [9.17, 15) is 9.59 Å². The van der Waals surface area contributed by atoms with E-state index in [1.165, 1.54) is 0 Å². The molecule has 0 heterocycles. The van der Waals surface area contributed by atoms with Gasteiger partial charge in [0.2, 0.25) is 5.91 Å². The molecule has 0 aliphatic carbocycles. The summed E-state index contributed by atoms with van der Waals surface area (Å²) < 4.78 is 0.683. The van der Waals surface area contributed by atoms with Crippen LogP contribution in [0.3, 0.4) is 0 Å². The number of primary amides is 1. The molecule has 6 heteroatoms. The third-order valence-corrected chi connectivity index (χ3v) is 2.83. The number of carbonyl (C=O) groups is 2. The minimum atomic E-state index is -0.366. The summed E-state index contributed by atoms with van der Waals surface area (Å²) in [6, 6.07) is 4.95. The van der Waals surface area contributed by atoms with Crippen LogP contribution < -0.4 is 16.8 Å². The Morgan fingerprint density at radius 3 is 2.65 bits per heavy atom. The van der Waals surface area contributed by atoms with Gasteiger partial charge in [-0.05, 0) is 40.5 Å². The van der Waals surface area contributed by atoms with E-state index in [1.807, 2.05) is 0 Å². The zero-order valence-electron chi connectivity index (χ0n) is 9.20. The molecule has 0 bridgehead atoms. The predicted octanol–water partition coefficient (Wildman–Crippen LogP) is 1.03. The average Bonchev–Trinajstić information content (AvgIpc) is 2.27. The molecule has 2 amide bonds. The van der Waals surface area contributed by atoms with E-state index in [0.29, 0.717) is 28.7 Å². The van der Waals surface area contributed by atoms with E-state index < -0.39 is 0 Å². The number of nitrogens with two attached hydrogens (primary N) is 2. The number of hydrogen-bond donors (Lipinski definition) is 3. The van der Waals surface area contributed by atoms with Crippen molar-refractivity contribution in [3.05, 3.63) is 28.2 Å². The van der Waals surface area contributed by atoms with Crippen molar-refractivity contribution < 1.29 is 9.59 Å². The highest BCUT2D eigenvalue weighted by atomic mass is 79.9. The lowest BCUT2D eigenvalue weighted by atomic mass is 10.2. The molecular weight excluding hydrogens is 286 g/mol. The molecule has 1 aromatic carbocycles. The Labute approximate surface area is 108 Å². The number of rotatable bonds is 5. The maximum Gasteiger partial charge on any atom is 0.251 e. The highest BCUT2D eigenvalue weighted by Crippen LogP contribution is 2.20. The normalized spacial score (nSPS) is 9.94. The topological polar surface area (TPSA) is 98.2 Å². The molecule has 0 fully saturated rings. The molecule has 0 unspecified atom stereocenters. The molecule has 0 saturated heterocycles. The number of nitrogens with one attached hydrogen (secondary N) is 1. The van der Waals surface area contributed by atoms with E-state index >= 15 is 0 Å². The van der Waals surface area contributed by atoms with Crippen molar-refractivity contribution in [1.29, 1.82) is 0 Å². The average molecular weight is 300 g/mol. The van der Waals surface area contributed by atoms with Crippen molar-refractivity contribution in [2.45, 2.75) is 12.8 Å². The van der Waals surface area contributed by atoms with Crippen molar-refractivity contribution in [2.24, 2.45) is 5.73 Å². The van der Waals surface area contributed by atoms with Gasteiger partial charge in [0.25, 0.3) is 5.91 Å². The maximum atomic E-state index is 11.7. The number of benzene rings is 1. The molecule has 0 aromatic heterocycles. The van der Waals surface area contributed by atoms with E-state index in [1.54, 1.807) is 18.2 Å². The smallest absolute Gasteiger partial charge is 0.251 e. The van der Waals surface area contributed by atoms with Crippen molar-refractivity contribution >= 4 is 33.4 Å². The number of anilines is 1. The lowest BCUT2D eigenvalue weighted by molar-refractivity contribution is -0.118. The summed E-state index contributed by atoms with van der Waals surface area (Å²) in [5, 5.41) is 2.69. The highest BCUT2D eigenvalue weighted by molar-refractivity contribution is 9.10. The second-order valence-corrected chi connectivity index (χ2v) is 4.42. The fraction of sp³-hybridized carbons (Fsp3) is 0.273. The molecule has 0 aliphatic heterocycles. The highest BCUT2D eigenvalue weighted by Gasteiger charge is 2.06. The second-order valence-electron chi connectivity index (χ2n) is 3.56. The Morgan fingerprint density at radius 2 is 2.06 bits per heavy atom. The van der Waals surface area contributed by atoms with Gasteiger partial charge in [-0.25, -0.2) is 0 Å². The summed E-state index contributed by atoms with van der Waals surface area (Å²) in [4.78, 5) is 22.1. The Morgan fingerprint density at radius 1 is 1.35 bits per heavy atom. The second kappa shape index (κ2) is 6.24. The van der Waals surface area contributed by atoms with Gasteiger partial charge in [-0.1, -0.05) is 0 Å². The lowest BCUT2D eigenvalue weighted by Gasteiger charge is -2.05. The van der Waals surface area contributed by atoms with Crippen LogP contribution in [0.15, 0.2) is 22.7 Å².